The zero-order chi connectivity index (χ0) is 11.5. The highest BCUT2D eigenvalue weighted by Gasteiger charge is 2.11. The molecule has 0 saturated carbocycles. The van der Waals surface area contributed by atoms with Crippen LogP contribution in [0.15, 0.2) is 24.4 Å². The van der Waals surface area contributed by atoms with E-state index < -0.39 is 0 Å². The molecule has 1 N–H and O–H groups in total. The van der Waals surface area contributed by atoms with Crippen molar-refractivity contribution in [2.45, 2.75) is 6.42 Å². The molecule has 4 nitrogen and oxygen atoms in total. The van der Waals surface area contributed by atoms with Crippen molar-refractivity contribution < 1.29 is 9.53 Å². The van der Waals surface area contributed by atoms with Gasteiger partial charge in [0, 0.05) is 22.7 Å². The second kappa shape index (κ2) is 4.07. The van der Waals surface area contributed by atoms with Crippen molar-refractivity contribution >= 4 is 16.7 Å². The van der Waals surface area contributed by atoms with Crippen LogP contribution >= 0.6 is 0 Å². The lowest BCUT2D eigenvalue weighted by molar-refractivity contribution is 0.0999. The summed E-state index contributed by atoms with van der Waals surface area (Å²) in [5, 5.41) is 9.29. The predicted molar refractivity (Wildman–Crippen MR) is 59.4 cm³/mol. The number of hydrogen-bond acceptors (Lipinski definition) is 3. The number of nitriles is 1. The number of Topliss-reactive ketones (excluding diaryl/α,β-unsaturated/α-hetero) is 1. The maximum Gasteiger partial charge on any atom is 0.179 e. The molecule has 0 unspecified atom stereocenters. The lowest BCUT2D eigenvalue weighted by Gasteiger charge is -2.00. The molecule has 0 aliphatic heterocycles. The Labute approximate surface area is 92.4 Å². The number of carbonyl (C=O) groups excluding carboxylic acids is 1. The lowest BCUT2D eigenvalue weighted by atomic mass is 10.1. The van der Waals surface area contributed by atoms with Crippen LogP contribution in [0.3, 0.4) is 0 Å². The molecule has 1 heterocycles. The van der Waals surface area contributed by atoms with Crippen molar-refractivity contribution in [3.8, 4) is 11.8 Å². The van der Waals surface area contributed by atoms with Crippen molar-refractivity contribution in [1.82, 2.24) is 4.98 Å². The molecule has 0 aliphatic carbocycles. The molecule has 4 heteroatoms. The van der Waals surface area contributed by atoms with Crippen LogP contribution in [-0.4, -0.2) is 17.9 Å². The first-order valence-electron chi connectivity index (χ1n) is 4.81. The molecule has 0 atom stereocenters. The summed E-state index contributed by atoms with van der Waals surface area (Å²) in [6.45, 7) is 0. The summed E-state index contributed by atoms with van der Waals surface area (Å²) in [5.74, 6) is 0.514. The second-order valence-corrected chi connectivity index (χ2v) is 3.37. The number of nitrogens with one attached hydrogen (secondary N) is 1. The third kappa shape index (κ3) is 1.63. The van der Waals surface area contributed by atoms with Crippen LogP contribution < -0.4 is 4.74 Å². The summed E-state index contributed by atoms with van der Waals surface area (Å²) >= 11 is 0. The molecule has 0 fully saturated rings. The second-order valence-electron chi connectivity index (χ2n) is 3.37. The molecular weight excluding hydrogens is 204 g/mol. The third-order valence-corrected chi connectivity index (χ3v) is 2.43. The third-order valence-electron chi connectivity index (χ3n) is 2.43. The zero-order valence-corrected chi connectivity index (χ0v) is 8.78. The van der Waals surface area contributed by atoms with Gasteiger partial charge in [0.15, 0.2) is 5.78 Å². The number of rotatable bonds is 3. The van der Waals surface area contributed by atoms with Gasteiger partial charge >= 0.3 is 0 Å². The Balaban J connectivity index is 2.54. The van der Waals surface area contributed by atoms with Crippen molar-refractivity contribution in [2.24, 2.45) is 0 Å². The molecule has 1 aromatic carbocycles. The van der Waals surface area contributed by atoms with Gasteiger partial charge in [0.2, 0.25) is 0 Å². The van der Waals surface area contributed by atoms with Gasteiger partial charge in [0.05, 0.1) is 19.6 Å². The molecule has 1 aromatic heterocycles. The number of aromatic amines is 1. The van der Waals surface area contributed by atoms with Crippen LogP contribution in [0, 0.1) is 11.3 Å². The van der Waals surface area contributed by atoms with E-state index in [-0.39, 0.29) is 12.2 Å². The minimum atomic E-state index is -0.179. The fourth-order valence-corrected chi connectivity index (χ4v) is 1.62. The summed E-state index contributed by atoms with van der Waals surface area (Å²) in [4.78, 5) is 14.6. The number of benzene rings is 1. The van der Waals surface area contributed by atoms with Gasteiger partial charge in [-0.25, -0.2) is 0 Å². The van der Waals surface area contributed by atoms with Gasteiger partial charge in [0.1, 0.15) is 5.75 Å². The minimum Gasteiger partial charge on any atom is -0.497 e. The molecule has 0 saturated heterocycles. The number of fused-ring (bicyclic) bond motifs is 1. The molecule has 0 bridgehead atoms. The topological polar surface area (TPSA) is 65.9 Å². The molecule has 0 radical (unpaired) electrons. The maximum absolute atomic E-state index is 11.6. The van der Waals surface area contributed by atoms with Crippen molar-refractivity contribution in [2.75, 3.05) is 7.11 Å². The van der Waals surface area contributed by atoms with E-state index in [2.05, 4.69) is 4.98 Å². The van der Waals surface area contributed by atoms with Gasteiger partial charge in [-0.3, -0.25) is 4.79 Å². The number of ether oxygens (including phenoxy) is 1. The Morgan fingerprint density at radius 1 is 1.56 bits per heavy atom. The average Bonchev–Trinajstić information content (AvgIpc) is 2.71. The number of carbonyl (C=O) groups is 1. The van der Waals surface area contributed by atoms with E-state index in [1.54, 1.807) is 19.4 Å². The van der Waals surface area contributed by atoms with Gasteiger partial charge in [0.25, 0.3) is 0 Å². The van der Waals surface area contributed by atoms with Crippen LogP contribution in [0.5, 0.6) is 5.75 Å². The highest BCUT2D eigenvalue weighted by Crippen LogP contribution is 2.24. The molecule has 80 valence electrons. The maximum atomic E-state index is 11.6. The van der Waals surface area contributed by atoms with Crippen LogP contribution in [0.25, 0.3) is 10.9 Å². The number of ketones is 1. The predicted octanol–water partition coefficient (Wildman–Crippen LogP) is 2.27. The highest BCUT2D eigenvalue weighted by atomic mass is 16.5. The Kier molecular flexibility index (Phi) is 2.61. The molecule has 16 heavy (non-hydrogen) atoms. The standard InChI is InChI=1S/C12H10N2O2/c1-16-8-2-3-11-9(6-8)10(7-14-11)12(15)4-5-13/h2-3,6-7,14H,4H2,1H3. The Morgan fingerprint density at radius 2 is 2.38 bits per heavy atom. The lowest BCUT2D eigenvalue weighted by Crippen LogP contribution is -1.95. The first kappa shape index (κ1) is 10.2. The molecular formula is C12H10N2O2. The van der Waals surface area contributed by atoms with Gasteiger partial charge in [-0.15, -0.1) is 0 Å². The fourth-order valence-electron chi connectivity index (χ4n) is 1.62. The monoisotopic (exact) mass is 214 g/mol. The number of hydrogen-bond donors (Lipinski definition) is 1. The quantitative estimate of drug-likeness (QED) is 0.797. The zero-order valence-electron chi connectivity index (χ0n) is 8.78. The first-order valence-corrected chi connectivity index (χ1v) is 4.81. The van der Waals surface area contributed by atoms with E-state index >= 15 is 0 Å². The van der Waals surface area contributed by atoms with Crippen molar-refractivity contribution in [3.05, 3.63) is 30.0 Å². The normalized spacial score (nSPS) is 10.0. The summed E-state index contributed by atoms with van der Waals surface area (Å²) in [7, 11) is 1.57. The molecule has 0 aliphatic rings. The summed E-state index contributed by atoms with van der Waals surface area (Å²) in [6, 6.07) is 7.30. The Morgan fingerprint density at radius 3 is 3.06 bits per heavy atom. The molecule has 2 aromatic rings. The van der Waals surface area contributed by atoms with E-state index in [1.165, 1.54) is 0 Å². The van der Waals surface area contributed by atoms with E-state index in [1.807, 2.05) is 18.2 Å². The largest absolute Gasteiger partial charge is 0.497 e. The van der Waals surface area contributed by atoms with Gasteiger partial charge in [-0.2, -0.15) is 5.26 Å². The van der Waals surface area contributed by atoms with Crippen molar-refractivity contribution in [1.29, 1.82) is 5.26 Å². The van der Waals surface area contributed by atoms with Crippen LogP contribution in [0.1, 0.15) is 16.8 Å². The average molecular weight is 214 g/mol. The van der Waals surface area contributed by atoms with Crippen LogP contribution in [0.4, 0.5) is 0 Å². The number of aromatic nitrogens is 1. The number of methoxy groups -OCH3 is 1. The Bertz CT molecular complexity index is 578. The van der Waals surface area contributed by atoms with Gasteiger partial charge in [-0.05, 0) is 18.2 Å². The number of H-pyrrole nitrogens is 1. The van der Waals surface area contributed by atoms with E-state index in [0.29, 0.717) is 11.3 Å². The molecule has 0 amide bonds. The van der Waals surface area contributed by atoms with Gasteiger partial charge in [-0.1, -0.05) is 0 Å². The minimum absolute atomic E-state index is 0.107. The Hall–Kier alpha value is -2.28. The number of nitrogens with zero attached hydrogens (tertiary/aromatic N) is 1. The fraction of sp³-hybridized carbons (Fsp3) is 0.167. The summed E-state index contributed by atoms with van der Waals surface area (Å²) in [6.07, 6.45) is 1.52. The van der Waals surface area contributed by atoms with Crippen LogP contribution in [-0.2, 0) is 0 Å². The SMILES string of the molecule is COc1ccc2[nH]cc(C(=O)CC#N)c2c1. The summed E-state index contributed by atoms with van der Waals surface area (Å²) in [5.41, 5.74) is 1.40. The van der Waals surface area contributed by atoms with Crippen LogP contribution in [0.2, 0.25) is 0 Å². The smallest absolute Gasteiger partial charge is 0.179 e. The van der Waals surface area contributed by atoms with E-state index in [9.17, 15) is 4.79 Å². The van der Waals surface area contributed by atoms with Crippen molar-refractivity contribution in [3.63, 3.8) is 0 Å². The molecule has 0 spiro atoms. The van der Waals surface area contributed by atoms with E-state index in [0.717, 1.165) is 10.9 Å². The highest BCUT2D eigenvalue weighted by molar-refractivity contribution is 6.08. The van der Waals surface area contributed by atoms with E-state index in [4.69, 9.17) is 10.00 Å². The summed E-state index contributed by atoms with van der Waals surface area (Å²) < 4.78 is 5.10. The first-order chi connectivity index (χ1) is 7.76. The molecule has 2 rings (SSSR count). The van der Waals surface area contributed by atoms with Gasteiger partial charge < -0.3 is 9.72 Å².